The average molecular weight is 350 g/mol. The summed E-state index contributed by atoms with van der Waals surface area (Å²) in [6.45, 7) is 5.87. The van der Waals surface area contributed by atoms with E-state index in [2.05, 4.69) is 29.8 Å². The van der Waals surface area contributed by atoms with E-state index in [9.17, 15) is 5.26 Å². The first kappa shape index (κ1) is 18.2. The Hall–Kier alpha value is -2.61. The Morgan fingerprint density at radius 3 is 2.65 bits per heavy atom. The van der Waals surface area contributed by atoms with Gasteiger partial charge in [-0.05, 0) is 56.7 Å². The zero-order valence-corrected chi connectivity index (χ0v) is 15.9. The van der Waals surface area contributed by atoms with Gasteiger partial charge >= 0.3 is 0 Å². The molecule has 3 rings (SSSR count). The Bertz CT molecular complexity index is 821. The first-order valence-electron chi connectivity index (χ1n) is 9.44. The summed E-state index contributed by atoms with van der Waals surface area (Å²) in [5, 5.41) is 10.0. The zero-order valence-electron chi connectivity index (χ0n) is 15.9. The van der Waals surface area contributed by atoms with Gasteiger partial charge in [0.2, 0.25) is 5.88 Å². The largest absolute Gasteiger partial charge is 0.481 e. The van der Waals surface area contributed by atoms with Gasteiger partial charge < -0.3 is 9.64 Å². The molecule has 0 atom stereocenters. The van der Waals surface area contributed by atoms with Crippen molar-refractivity contribution in [2.75, 3.05) is 25.1 Å². The molecule has 0 saturated carbocycles. The van der Waals surface area contributed by atoms with Gasteiger partial charge in [-0.15, -0.1) is 0 Å². The molecule has 1 aliphatic carbocycles. The number of aromatic nitrogens is 2. The molecule has 0 aromatic carbocycles. The molecule has 0 N–H and O–H groups in total. The molecular formula is C21H26N4O. The first-order chi connectivity index (χ1) is 12.7. The summed E-state index contributed by atoms with van der Waals surface area (Å²) in [5.41, 5.74) is 5.05. The number of fused-ring (bicyclic) bond motifs is 1. The SMILES string of the molecule is CCN(CC)c1nc2c(c(-c3ccnc(OC)c3)c1C#N)CCCCC2. The fraction of sp³-hybridized carbons (Fsp3) is 0.476. The van der Waals surface area contributed by atoms with E-state index in [0.29, 0.717) is 11.4 Å². The molecule has 0 aliphatic heterocycles. The third kappa shape index (κ3) is 3.37. The van der Waals surface area contributed by atoms with Crippen molar-refractivity contribution in [2.24, 2.45) is 0 Å². The Morgan fingerprint density at radius 1 is 1.19 bits per heavy atom. The summed E-state index contributed by atoms with van der Waals surface area (Å²) in [4.78, 5) is 11.4. The van der Waals surface area contributed by atoms with Gasteiger partial charge in [0.25, 0.3) is 0 Å². The molecule has 5 heteroatoms. The van der Waals surface area contributed by atoms with Crippen LogP contribution in [0.3, 0.4) is 0 Å². The molecule has 2 aromatic rings. The van der Waals surface area contributed by atoms with Crippen LogP contribution in [0.2, 0.25) is 0 Å². The number of aryl methyl sites for hydroxylation is 1. The van der Waals surface area contributed by atoms with Gasteiger partial charge in [0.1, 0.15) is 17.5 Å². The fourth-order valence-electron chi connectivity index (χ4n) is 3.76. The summed E-state index contributed by atoms with van der Waals surface area (Å²) in [6.07, 6.45) is 7.19. The van der Waals surface area contributed by atoms with E-state index in [1.807, 2.05) is 12.1 Å². The second-order valence-corrected chi connectivity index (χ2v) is 6.54. The van der Waals surface area contributed by atoms with Crippen molar-refractivity contribution in [1.82, 2.24) is 9.97 Å². The van der Waals surface area contributed by atoms with Crippen molar-refractivity contribution in [3.63, 3.8) is 0 Å². The van der Waals surface area contributed by atoms with Gasteiger partial charge in [-0.3, -0.25) is 0 Å². The molecule has 0 amide bonds. The van der Waals surface area contributed by atoms with Crippen LogP contribution in [0.25, 0.3) is 11.1 Å². The number of nitrogens with zero attached hydrogens (tertiary/aromatic N) is 4. The molecule has 26 heavy (non-hydrogen) atoms. The van der Waals surface area contributed by atoms with Crippen molar-refractivity contribution < 1.29 is 4.74 Å². The standard InChI is InChI=1S/C21H26N4O/c1-4-25(5-2)21-17(14-22)20(15-11-12-23-19(13-15)26-3)16-9-7-6-8-10-18(16)24-21/h11-13H,4-10H2,1-3H3. The normalized spacial score (nSPS) is 13.5. The lowest BCUT2D eigenvalue weighted by atomic mass is 9.92. The molecule has 0 bridgehead atoms. The van der Waals surface area contributed by atoms with Crippen LogP contribution in [0, 0.1) is 11.3 Å². The van der Waals surface area contributed by atoms with E-state index < -0.39 is 0 Å². The maximum absolute atomic E-state index is 10.0. The summed E-state index contributed by atoms with van der Waals surface area (Å²) < 4.78 is 5.32. The summed E-state index contributed by atoms with van der Waals surface area (Å²) in [7, 11) is 1.62. The number of methoxy groups -OCH3 is 1. The third-order valence-corrected chi connectivity index (χ3v) is 5.11. The number of pyridine rings is 2. The van der Waals surface area contributed by atoms with Crippen LogP contribution in [0.1, 0.15) is 49.9 Å². The van der Waals surface area contributed by atoms with Crippen molar-refractivity contribution in [3.05, 3.63) is 35.2 Å². The van der Waals surface area contributed by atoms with Crippen molar-refractivity contribution in [3.8, 4) is 23.1 Å². The Labute approximate surface area is 155 Å². The molecule has 0 saturated heterocycles. The molecule has 5 nitrogen and oxygen atoms in total. The first-order valence-corrected chi connectivity index (χ1v) is 9.44. The van der Waals surface area contributed by atoms with Crippen LogP contribution in [0.15, 0.2) is 18.3 Å². The minimum Gasteiger partial charge on any atom is -0.481 e. The van der Waals surface area contributed by atoms with E-state index in [4.69, 9.17) is 9.72 Å². The molecule has 0 spiro atoms. The van der Waals surface area contributed by atoms with E-state index in [1.165, 1.54) is 12.0 Å². The number of rotatable bonds is 5. The number of anilines is 1. The lowest BCUT2D eigenvalue weighted by Gasteiger charge is -2.25. The summed E-state index contributed by atoms with van der Waals surface area (Å²) >= 11 is 0. The quantitative estimate of drug-likeness (QED) is 0.759. The minimum absolute atomic E-state index is 0.565. The molecular weight excluding hydrogens is 324 g/mol. The maximum atomic E-state index is 10.0. The van der Waals surface area contributed by atoms with Crippen LogP contribution in [-0.2, 0) is 12.8 Å². The Kier molecular flexibility index (Phi) is 5.72. The highest BCUT2D eigenvalue weighted by Crippen LogP contribution is 2.38. The van der Waals surface area contributed by atoms with Crippen molar-refractivity contribution in [1.29, 1.82) is 5.26 Å². The van der Waals surface area contributed by atoms with Crippen LogP contribution < -0.4 is 9.64 Å². The van der Waals surface area contributed by atoms with Crippen molar-refractivity contribution >= 4 is 5.82 Å². The van der Waals surface area contributed by atoms with Gasteiger partial charge in [-0.25, -0.2) is 9.97 Å². The van der Waals surface area contributed by atoms with Gasteiger partial charge in [0, 0.05) is 36.6 Å². The Balaban J connectivity index is 2.31. The van der Waals surface area contributed by atoms with Gasteiger partial charge in [0.15, 0.2) is 0 Å². The topological polar surface area (TPSA) is 62.0 Å². The monoisotopic (exact) mass is 350 g/mol. The zero-order chi connectivity index (χ0) is 18.5. The lowest BCUT2D eigenvalue weighted by Crippen LogP contribution is -2.25. The second-order valence-electron chi connectivity index (χ2n) is 6.54. The fourth-order valence-corrected chi connectivity index (χ4v) is 3.76. The van der Waals surface area contributed by atoms with Gasteiger partial charge in [-0.2, -0.15) is 5.26 Å². The third-order valence-electron chi connectivity index (χ3n) is 5.11. The van der Waals surface area contributed by atoms with Crippen LogP contribution >= 0.6 is 0 Å². The van der Waals surface area contributed by atoms with Gasteiger partial charge in [0.05, 0.1) is 7.11 Å². The predicted octanol–water partition coefficient (Wildman–Crippen LogP) is 4.14. The smallest absolute Gasteiger partial charge is 0.213 e. The number of nitriles is 1. The van der Waals surface area contributed by atoms with E-state index in [0.717, 1.165) is 61.4 Å². The second kappa shape index (κ2) is 8.18. The maximum Gasteiger partial charge on any atom is 0.213 e. The molecule has 2 heterocycles. The number of hydrogen-bond acceptors (Lipinski definition) is 5. The van der Waals surface area contributed by atoms with Crippen LogP contribution in [0.4, 0.5) is 5.82 Å². The molecule has 0 fully saturated rings. The van der Waals surface area contributed by atoms with Crippen LogP contribution in [-0.4, -0.2) is 30.2 Å². The predicted molar refractivity (Wildman–Crippen MR) is 104 cm³/mol. The molecule has 136 valence electrons. The van der Waals surface area contributed by atoms with Gasteiger partial charge in [-0.1, -0.05) is 6.42 Å². The molecule has 0 radical (unpaired) electrons. The summed E-state index contributed by atoms with van der Waals surface area (Å²) in [5.74, 6) is 1.37. The highest BCUT2D eigenvalue weighted by molar-refractivity contribution is 5.80. The molecule has 2 aromatic heterocycles. The van der Waals surface area contributed by atoms with Crippen molar-refractivity contribution in [2.45, 2.75) is 46.0 Å². The van der Waals surface area contributed by atoms with Crippen LogP contribution in [0.5, 0.6) is 5.88 Å². The number of hydrogen-bond donors (Lipinski definition) is 0. The van der Waals surface area contributed by atoms with E-state index >= 15 is 0 Å². The highest BCUT2D eigenvalue weighted by atomic mass is 16.5. The lowest BCUT2D eigenvalue weighted by molar-refractivity contribution is 0.398. The molecule has 1 aliphatic rings. The van der Waals surface area contributed by atoms with E-state index in [1.54, 1.807) is 13.3 Å². The van der Waals surface area contributed by atoms with E-state index in [-0.39, 0.29) is 0 Å². The number of ether oxygens (including phenoxy) is 1. The highest BCUT2D eigenvalue weighted by Gasteiger charge is 2.24. The molecule has 0 unspecified atom stereocenters. The Morgan fingerprint density at radius 2 is 1.96 bits per heavy atom. The minimum atomic E-state index is 0.565. The summed E-state index contributed by atoms with van der Waals surface area (Å²) in [6, 6.07) is 6.35. The average Bonchev–Trinajstić information content (AvgIpc) is 2.93.